The Morgan fingerprint density at radius 3 is 1.33 bits per heavy atom. The second-order valence-corrected chi connectivity index (χ2v) is 2.35. The molecule has 0 radical (unpaired) electrons. The van der Waals surface area contributed by atoms with Crippen LogP contribution in [0.25, 0.3) is 0 Å². The monoisotopic (exact) mass is 178 g/mol. The zero-order valence-electron chi connectivity index (χ0n) is 7.33. The Morgan fingerprint density at radius 2 is 1.33 bits per heavy atom. The fraction of sp³-hybridized carbons (Fsp3) is 0.750. The number of hydrogen-bond acceptors (Lipinski definition) is 0. The fourth-order valence-electron chi connectivity index (χ4n) is 0. The summed E-state index contributed by atoms with van der Waals surface area (Å²) in [4.78, 5) is 0. The van der Waals surface area contributed by atoms with Crippen LogP contribution in [0, 0.1) is 12.8 Å². The van der Waals surface area contributed by atoms with Gasteiger partial charge in [-0.2, -0.15) is 27.2 Å². The van der Waals surface area contributed by atoms with E-state index in [4.69, 9.17) is 0 Å². The SMILES string of the molecule is C[C-](C)C.[CH2-]CCC.[Zn+2]. The van der Waals surface area contributed by atoms with Crippen LogP contribution in [-0.4, -0.2) is 0 Å². The van der Waals surface area contributed by atoms with E-state index in [9.17, 15) is 0 Å². The van der Waals surface area contributed by atoms with Gasteiger partial charge in [0.1, 0.15) is 0 Å². The molecule has 0 aromatic carbocycles. The van der Waals surface area contributed by atoms with Gasteiger partial charge in [-0.1, -0.05) is 13.3 Å². The molecule has 1 heteroatoms. The van der Waals surface area contributed by atoms with Crippen molar-refractivity contribution in [2.24, 2.45) is 0 Å². The molecule has 9 heavy (non-hydrogen) atoms. The van der Waals surface area contributed by atoms with Gasteiger partial charge < -0.3 is 12.8 Å². The largest absolute Gasteiger partial charge is 2.00 e. The third-order valence-corrected chi connectivity index (χ3v) is 0.354. The molecule has 0 aliphatic heterocycles. The summed E-state index contributed by atoms with van der Waals surface area (Å²) in [5.74, 6) is 1.42. The topological polar surface area (TPSA) is 0 Å². The molecule has 0 bridgehead atoms. The van der Waals surface area contributed by atoms with Crippen molar-refractivity contribution in [3.63, 3.8) is 0 Å². The van der Waals surface area contributed by atoms with Crippen molar-refractivity contribution >= 4 is 0 Å². The zero-order valence-corrected chi connectivity index (χ0v) is 10.3. The van der Waals surface area contributed by atoms with Crippen LogP contribution in [-0.2, 0) is 19.5 Å². The molecular weight excluding hydrogens is 161 g/mol. The average molecular weight is 180 g/mol. The molecule has 0 unspecified atom stereocenters. The second-order valence-electron chi connectivity index (χ2n) is 2.35. The van der Waals surface area contributed by atoms with Gasteiger partial charge in [0.15, 0.2) is 0 Å². The fourth-order valence-corrected chi connectivity index (χ4v) is 0. The van der Waals surface area contributed by atoms with Gasteiger partial charge in [-0.25, -0.2) is 0 Å². The molecule has 0 saturated heterocycles. The maximum absolute atomic E-state index is 3.60. The summed E-state index contributed by atoms with van der Waals surface area (Å²) >= 11 is 0. The molecule has 0 N–H and O–H groups in total. The number of hydrogen-bond donors (Lipinski definition) is 0. The van der Waals surface area contributed by atoms with Gasteiger partial charge in [-0.05, 0) is 0 Å². The van der Waals surface area contributed by atoms with Crippen molar-refractivity contribution in [3.05, 3.63) is 12.8 Å². The Labute approximate surface area is 73.2 Å². The zero-order chi connectivity index (χ0) is 6.99. The number of unbranched alkanes of at least 4 members (excludes halogenated alkanes) is 1. The molecule has 0 aliphatic rings. The van der Waals surface area contributed by atoms with Crippen LogP contribution in [0.3, 0.4) is 0 Å². The van der Waals surface area contributed by atoms with Crippen molar-refractivity contribution < 1.29 is 19.5 Å². The van der Waals surface area contributed by atoms with E-state index in [0.717, 1.165) is 6.42 Å². The second kappa shape index (κ2) is 15.8. The molecule has 0 fully saturated rings. The molecule has 0 atom stereocenters. The van der Waals surface area contributed by atoms with E-state index in [1.807, 2.05) is 0 Å². The van der Waals surface area contributed by atoms with Crippen LogP contribution in [0.15, 0.2) is 0 Å². The molecular formula is C8H18Zn. The van der Waals surface area contributed by atoms with Crippen LogP contribution in [0.2, 0.25) is 0 Å². The van der Waals surface area contributed by atoms with Gasteiger partial charge in [0.25, 0.3) is 0 Å². The van der Waals surface area contributed by atoms with Crippen LogP contribution >= 0.6 is 0 Å². The average Bonchev–Trinajstić information content (AvgIpc) is 1.65. The minimum atomic E-state index is 0. The molecule has 0 nitrogen and oxygen atoms in total. The van der Waals surface area contributed by atoms with E-state index < -0.39 is 0 Å². The summed E-state index contributed by atoms with van der Waals surface area (Å²) in [5.41, 5.74) is 0. The van der Waals surface area contributed by atoms with Crippen molar-refractivity contribution in [1.29, 1.82) is 0 Å². The van der Waals surface area contributed by atoms with E-state index >= 15 is 0 Å². The van der Waals surface area contributed by atoms with Crippen LogP contribution in [0.1, 0.15) is 40.5 Å². The predicted octanol–water partition coefficient (Wildman–Crippen LogP) is 3.24. The van der Waals surface area contributed by atoms with E-state index in [-0.39, 0.29) is 19.5 Å². The van der Waals surface area contributed by atoms with E-state index in [0.29, 0.717) is 0 Å². The molecule has 0 amide bonds. The summed E-state index contributed by atoms with van der Waals surface area (Å²) in [6.45, 7) is 12.0. The van der Waals surface area contributed by atoms with Crippen molar-refractivity contribution in [3.8, 4) is 0 Å². The standard InChI is InChI=1S/2C4H9.Zn/c1-4(2)3;1-3-4-2;/h1-3H3;1,3-4H2,2H3;/q2*-1;+2. The first-order valence-corrected chi connectivity index (χ1v) is 3.21. The third kappa shape index (κ3) is 144. The van der Waals surface area contributed by atoms with Crippen molar-refractivity contribution in [1.82, 2.24) is 0 Å². The minimum Gasteiger partial charge on any atom is -0.343 e. The summed E-state index contributed by atoms with van der Waals surface area (Å²) in [6.07, 6.45) is 2.28. The molecule has 0 aliphatic carbocycles. The van der Waals surface area contributed by atoms with Crippen molar-refractivity contribution in [2.75, 3.05) is 0 Å². The maximum Gasteiger partial charge on any atom is 2.00 e. The van der Waals surface area contributed by atoms with Gasteiger partial charge in [0, 0.05) is 0 Å². The molecule has 0 heterocycles. The minimum absolute atomic E-state index is 0. The van der Waals surface area contributed by atoms with Gasteiger partial charge in [0.2, 0.25) is 0 Å². The maximum atomic E-state index is 3.60. The Bertz CT molecular complexity index is 21.0. The van der Waals surface area contributed by atoms with Gasteiger partial charge in [0.05, 0.1) is 0 Å². The van der Waals surface area contributed by atoms with Gasteiger partial charge in [-0.3, -0.25) is 0 Å². The summed E-state index contributed by atoms with van der Waals surface area (Å²) in [7, 11) is 0. The molecule has 0 spiro atoms. The van der Waals surface area contributed by atoms with Gasteiger partial charge in [-0.15, -0.1) is 0 Å². The van der Waals surface area contributed by atoms with Crippen molar-refractivity contribution in [2.45, 2.75) is 40.5 Å². The van der Waals surface area contributed by atoms with E-state index in [1.54, 1.807) is 0 Å². The molecule has 0 saturated carbocycles. The number of rotatable bonds is 1. The summed E-state index contributed by atoms with van der Waals surface area (Å²) < 4.78 is 0. The first kappa shape index (κ1) is 16.3. The molecule has 0 rings (SSSR count). The van der Waals surface area contributed by atoms with E-state index in [2.05, 4.69) is 34.6 Å². The smallest absolute Gasteiger partial charge is 0.343 e. The summed E-state index contributed by atoms with van der Waals surface area (Å²) in [6, 6.07) is 0. The summed E-state index contributed by atoms with van der Waals surface area (Å²) in [5, 5.41) is 0. The third-order valence-electron chi connectivity index (χ3n) is 0.354. The van der Waals surface area contributed by atoms with E-state index in [1.165, 1.54) is 12.3 Å². The predicted molar refractivity (Wildman–Crippen MR) is 40.5 cm³/mol. The van der Waals surface area contributed by atoms with Crippen LogP contribution in [0.5, 0.6) is 0 Å². The Balaban J connectivity index is -0.0000000720. The molecule has 0 aromatic heterocycles. The van der Waals surface area contributed by atoms with Crippen LogP contribution in [0.4, 0.5) is 0 Å². The first-order chi connectivity index (χ1) is 3.65. The Hall–Kier alpha value is 0.623. The van der Waals surface area contributed by atoms with Crippen LogP contribution < -0.4 is 0 Å². The normalized spacial score (nSPS) is 7.33. The molecule has 0 aromatic rings. The Kier molecular flexibility index (Phi) is 28.7. The first-order valence-electron chi connectivity index (χ1n) is 3.21. The molecule has 52 valence electrons. The quantitative estimate of drug-likeness (QED) is 0.428. The Morgan fingerprint density at radius 1 is 1.22 bits per heavy atom. The van der Waals surface area contributed by atoms with Gasteiger partial charge >= 0.3 is 19.5 Å².